The third-order valence-corrected chi connectivity index (χ3v) is 5.94. The van der Waals surface area contributed by atoms with Gasteiger partial charge in [0.15, 0.2) is 0 Å². The monoisotopic (exact) mass is 349 g/mol. The molecule has 0 bridgehead atoms. The van der Waals surface area contributed by atoms with Crippen LogP contribution >= 0.6 is 11.8 Å². The Kier molecular flexibility index (Phi) is 4.62. The zero-order chi connectivity index (χ0) is 17.2. The highest BCUT2D eigenvalue weighted by Crippen LogP contribution is 2.27. The van der Waals surface area contributed by atoms with Crippen LogP contribution in [0, 0.1) is 6.92 Å². The number of fused-ring (bicyclic) bond motifs is 1. The van der Waals surface area contributed by atoms with Crippen molar-refractivity contribution in [2.45, 2.75) is 39.3 Å². The maximum Gasteiger partial charge on any atom is 0.144 e. The van der Waals surface area contributed by atoms with Crippen molar-refractivity contribution in [2.75, 3.05) is 5.75 Å². The molecule has 0 saturated heterocycles. The number of hydrogen-bond acceptors (Lipinski definition) is 4. The first-order valence-electron chi connectivity index (χ1n) is 8.89. The fraction of sp³-hybridized carbons (Fsp3) is 0.333. The largest absolute Gasteiger partial charge is 0.285 e. The Labute approximate surface area is 153 Å². The predicted molar refractivity (Wildman–Crippen MR) is 108 cm³/mol. The zero-order valence-electron chi connectivity index (χ0n) is 14.7. The van der Waals surface area contributed by atoms with Crippen molar-refractivity contribution in [1.82, 2.24) is 5.43 Å². The number of hydrazone groups is 1. The number of thioether (sulfide) groups is 1. The summed E-state index contributed by atoms with van der Waals surface area (Å²) < 4.78 is 0. The van der Waals surface area contributed by atoms with Crippen molar-refractivity contribution in [1.29, 1.82) is 0 Å². The molecule has 128 valence electrons. The normalized spacial score (nSPS) is 19.7. The number of benzene rings is 2. The van der Waals surface area contributed by atoms with Gasteiger partial charge in [0.25, 0.3) is 0 Å². The van der Waals surface area contributed by atoms with Gasteiger partial charge in [-0.25, -0.2) is 0 Å². The first-order valence-corrected chi connectivity index (χ1v) is 9.87. The molecule has 4 heteroatoms. The summed E-state index contributed by atoms with van der Waals surface area (Å²) in [7, 11) is 0. The lowest BCUT2D eigenvalue weighted by Gasteiger charge is -2.07. The summed E-state index contributed by atoms with van der Waals surface area (Å²) in [6.45, 7) is 4.13. The Morgan fingerprint density at radius 3 is 2.76 bits per heavy atom. The summed E-state index contributed by atoms with van der Waals surface area (Å²) in [6, 6.07) is 15.3. The van der Waals surface area contributed by atoms with Crippen molar-refractivity contribution in [3.8, 4) is 0 Å². The minimum absolute atomic E-state index is 0.0497. The molecular weight excluding hydrogens is 326 g/mol. The van der Waals surface area contributed by atoms with E-state index in [1.165, 1.54) is 41.5 Å². The molecule has 2 aliphatic rings. The van der Waals surface area contributed by atoms with Gasteiger partial charge in [0.2, 0.25) is 0 Å². The smallest absolute Gasteiger partial charge is 0.144 e. The van der Waals surface area contributed by atoms with E-state index in [1.54, 1.807) is 0 Å². The Morgan fingerprint density at radius 1 is 1.12 bits per heavy atom. The summed E-state index contributed by atoms with van der Waals surface area (Å²) >= 11 is 1.82. The van der Waals surface area contributed by atoms with Gasteiger partial charge in [0, 0.05) is 11.3 Å². The van der Waals surface area contributed by atoms with Crippen molar-refractivity contribution < 1.29 is 0 Å². The molecule has 0 amide bonds. The standard InChI is InChI=1S/C21H23N3S/c1-14-6-8-16(9-7-14)15(2)23-24-20-13-25-21(22-20)19-11-10-17-4-3-5-18(17)12-19/h6-12,20,24H,3-5,13H2,1-2H3/b23-15-. The topological polar surface area (TPSA) is 36.8 Å². The van der Waals surface area contributed by atoms with Crippen LogP contribution in [0.5, 0.6) is 0 Å². The van der Waals surface area contributed by atoms with E-state index in [0.717, 1.165) is 22.1 Å². The predicted octanol–water partition coefficient (Wildman–Crippen LogP) is 4.32. The number of nitrogens with one attached hydrogen (secondary N) is 1. The minimum Gasteiger partial charge on any atom is -0.285 e. The molecule has 0 fully saturated rings. The molecular formula is C21H23N3S. The molecule has 3 nitrogen and oxygen atoms in total. The lowest BCUT2D eigenvalue weighted by molar-refractivity contribution is 0.613. The highest BCUT2D eigenvalue weighted by molar-refractivity contribution is 8.14. The van der Waals surface area contributed by atoms with Crippen LogP contribution in [-0.4, -0.2) is 22.7 Å². The van der Waals surface area contributed by atoms with Crippen molar-refractivity contribution in [3.63, 3.8) is 0 Å². The van der Waals surface area contributed by atoms with Gasteiger partial charge in [0.05, 0.1) is 5.71 Å². The van der Waals surface area contributed by atoms with Crippen LogP contribution in [-0.2, 0) is 12.8 Å². The van der Waals surface area contributed by atoms with Crippen LogP contribution in [0.1, 0.15) is 41.2 Å². The van der Waals surface area contributed by atoms with E-state index in [4.69, 9.17) is 4.99 Å². The summed E-state index contributed by atoms with van der Waals surface area (Å²) in [5, 5.41) is 5.67. The highest BCUT2D eigenvalue weighted by Gasteiger charge is 2.20. The molecule has 0 aromatic heterocycles. The van der Waals surface area contributed by atoms with Crippen molar-refractivity contribution in [3.05, 3.63) is 70.3 Å². The quantitative estimate of drug-likeness (QED) is 0.659. The molecule has 1 heterocycles. The molecule has 2 aromatic carbocycles. The summed E-state index contributed by atoms with van der Waals surface area (Å²) in [5.74, 6) is 0.928. The van der Waals surface area contributed by atoms with Crippen LogP contribution < -0.4 is 5.43 Å². The minimum atomic E-state index is 0.0497. The number of rotatable bonds is 4. The molecule has 0 spiro atoms. The molecule has 0 radical (unpaired) electrons. The van der Waals surface area contributed by atoms with Crippen LogP contribution in [0.25, 0.3) is 0 Å². The van der Waals surface area contributed by atoms with Crippen molar-refractivity contribution >= 4 is 22.5 Å². The van der Waals surface area contributed by atoms with E-state index in [2.05, 4.69) is 59.9 Å². The van der Waals surface area contributed by atoms with Gasteiger partial charge in [0.1, 0.15) is 11.2 Å². The fourth-order valence-corrected chi connectivity index (χ4v) is 4.29. The first kappa shape index (κ1) is 16.4. The van der Waals surface area contributed by atoms with E-state index < -0.39 is 0 Å². The lowest BCUT2D eigenvalue weighted by Crippen LogP contribution is -2.23. The van der Waals surface area contributed by atoms with Gasteiger partial charge in [-0.2, -0.15) is 5.10 Å². The van der Waals surface area contributed by atoms with E-state index in [0.29, 0.717) is 0 Å². The fourth-order valence-electron chi connectivity index (χ4n) is 3.33. The Balaban J connectivity index is 1.44. The maximum absolute atomic E-state index is 4.82. The van der Waals surface area contributed by atoms with Gasteiger partial charge in [-0.15, -0.1) is 11.8 Å². The Hall–Kier alpha value is -2.07. The van der Waals surface area contributed by atoms with Crippen LogP contribution in [0.3, 0.4) is 0 Å². The number of aryl methyl sites for hydroxylation is 3. The average Bonchev–Trinajstić information content (AvgIpc) is 3.28. The van der Waals surface area contributed by atoms with E-state index >= 15 is 0 Å². The van der Waals surface area contributed by atoms with Crippen LogP contribution in [0.2, 0.25) is 0 Å². The molecule has 1 unspecified atom stereocenters. The summed E-state index contributed by atoms with van der Waals surface area (Å²) in [4.78, 5) is 4.82. The maximum atomic E-state index is 4.82. The SMILES string of the molecule is C/C(=N/NC1CSC(c2ccc3c(c2)CCC3)=N1)c1ccc(C)cc1. The van der Waals surface area contributed by atoms with Gasteiger partial charge in [-0.05, 0) is 55.9 Å². The van der Waals surface area contributed by atoms with Crippen LogP contribution in [0.4, 0.5) is 0 Å². The molecule has 1 aliphatic heterocycles. The second kappa shape index (κ2) is 7.04. The van der Waals surface area contributed by atoms with Gasteiger partial charge in [-0.3, -0.25) is 10.4 Å². The van der Waals surface area contributed by atoms with E-state index in [9.17, 15) is 0 Å². The summed E-state index contributed by atoms with van der Waals surface area (Å²) in [5.41, 5.74) is 10.9. The molecule has 1 aliphatic carbocycles. The van der Waals surface area contributed by atoms with E-state index in [1.807, 2.05) is 18.7 Å². The highest BCUT2D eigenvalue weighted by atomic mass is 32.2. The molecule has 1 N–H and O–H groups in total. The van der Waals surface area contributed by atoms with Gasteiger partial charge < -0.3 is 0 Å². The first-order chi connectivity index (χ1) is 12.2. The molecule has 25 heavy (non-hydrogen) atoms. The second-order valence-electron chi connectivity index (χ2n) is 6.79. The van der Waals surface area contributed by atoms with Gasteiger partial charge in [-0.1, -0.05) is 42.0 Å². The van der Waals surface area contributed by atoms with E-state index in [-0.39, 0.29) is 6.17 Å². The zero-order valence-corrected chi connectivity index (χ0v) is 15.6. The lowest BCUT2D eigenvalue weighted by atomic mass is 10.1. The van der Waals surface area contributed by atoms with Crippen LogP contribution in [0.15, 0.2) is 52.6 Å². The van der Waals surface area contributed by atoms with Gasteiger partial charge >= 0.3 is 0 Å². The molecule has 2 aromatic rings. The third kappa shape index (κ3) is 3.64. The number of hydrogen-bond donors (Lipinski definition) is 1. The Bertz CT molecular complexity index is 837. The molecule has 4 rings (SSSR count). The summed E-state index contributed by atoms with van der Waals surface area (Å²) in [6.07, 6.45) is 3.78. The van der Waals surface area contributed by atoms with Crippen molar-refractivity contribution in [2.24, 2.45) is 10.1 Å². The number of aliphatic imine (C=N–C) groups is 1. The average molecular weight is 350 g/mol. The second-order valence-corrected chi connectivity index (χ2v) is 7.80. The number of nitrogens with zero attached hydrogens (tertiary/aromatic N) is 2. The molecule has 1 atom stereocenters. The third-order valence-electron chi connectivity index (χ3n) is 4.85. The molecule has 0 saturated carbocycles. The Morgan fingerprint density at radius 2 is 1.92 bits per heavy atom.